The fourth-order valence-electron chi connectivity index (χ4n) is 3.23. The fourth-order valence-corrected chi connectivity index (χ4v) is 3.23. The number of piperidine rings is 1. The number of hydrogen-bond donors (Lipinski definition) is 1. The van der Waals surface area contributed by atoms with Gasteiger partial charge in [-0.1, -0.05) is 0 Å². The van der Waals surface area contributed by atoms with Gasteiger partial charge in [-0.3, -0.25) is 9.78 Å². The highest BCUT2D eigenvalue weighted by Crippen LogP contribution is 2.21. The van der Waals surface area contributed by atoms with E-state index in [-0.39, 0.29) is 5.91 Å². The quantitative estimate of drug-likeness (QED) is 0.831. The Hall–Kier alpha value is -2.56. The minimum atomic E-state index is 0.0964. The first-order valence-corrected chi connectivity index (χ1v) is 9.44. The van der Waals surface area contributed by atoms with Gasteiger partial charge in [0.15, 0.2) is 0 Å². The van der Waals surface area contributed by atoms with E-state index in [2.05, 4.69) is 39.5 Å². The van der Waals surface area contributed by atoms with Crippen LogP contribution in [0.4, 0.5) is 11.4 Å². The summed E-state index contributed by atoms with van der Waals surface area (Å²) in [4.78, 5) is 20.5. The number of pyridine rings is 1. The van der Waals surface area contributed by atoms with E-state index in [4.69, 9.17) is 0 Å². The Kier molecular flexibility index (Phi) is 6.47. The predicted octanol–water partition coefficient (Wildman–Crippen LogP) is 3.18. The molecule has 3 rings (SSSR count). The van der Waals surface area contributed by atoms with Crippen molar-refractivity contribution < 1.29 is 4.79 Å². The molecule has 1 aliphatic rings. The van der Waals surface area contributed by atoms with Gasteiger partial charge in [-0.15, -0.1) is 0 Å². The van der Waals surface area contributed by atoms with Crippen LogP contribution >= 0.6 is 0 Å². The van der Waals surface area contributed by atoms with Gasteiger partial charge in [0, 0.05) is 50.5 Å². The zero-order valence-corrected chi connectivity index (χ0v) is 15.5. The number of anilines is 2. The number of nitrogens with zero attached hydrogens (tertiary/aromatic N) is 3. The highest BCUT2D eigenvalue weighted by molar-refractivity contribution is 5.80. The third-order valence-electron chi connectivity index (χ3n) is 4.94. The number of rotatable bonds is 7. The molecule has 2 heterocycles. The molecule has 0 atom stereocenters. The molecule has 1 N–H and O–H groups in total. The van der Waals surface area contributed by atoms with E-state index in [0.29, 0.717) is 13.1 Å². The molecule has 1 aliphatic heterocycles. The standard InChI is InChI=1S/C21H28N4O/c1-24(16-11-18-9-12-22-13-10-18)21(26)17-23-19-5-7-20(8-6-19)25-14-3-2-4-15-25/h5-10,12-13,23H,2-4,11,14-17H2,1H3. The molecule has 2 aromatic rings. The van der Waals surface area contributed by atoms with Crippen LogP contribution in [0, 0.1) is 0 Å². The molecule has 5 nitrogen and oxygen atoms in total. The maximum Gasteiger partial charge on any atom is 0.241 e. The number of benzene rings is 1. The Balaban J connectivity index is 1.43. The topological polar surface area (TPSA) is 48.5 Å². The molecule has 1 aromatic heterocycles. The van der Waals surface area contributed by atoms with Crippen molar-refractivity contribution in [1.29, 1.82) is 0 Å². The Labute approximate surface area is 156 Å². The fraction of sp³-hybridized carbons (Fsp3) is 0.429. The summed E-state index contributed by atoms with van der Waals surface area (Å²) in [6, 6.07) is 12.4. The molecule has 0 unspecified atom stereocenters. The SMILES string of the molecule is CN(CCc1ccncc1)C(=O)CNc1ccc(N2CCCCC2)cc1. The van der Waals surface area contributed by atoms with Crippen LogP contribution in [0.15, 0.2) is 48.8 Å². The molecule has 0 aliphatic carbocycles. The Morgan fingerprint density at radius 1 is 1.08 bits per heavy atom. The van der Waals surface area contributed by atoms with Gasteiger partial charge < -0.3 is 15.1 Å². The monoisotopic (exact) mass is 352 g/mol. The molecule has 0 radical (unpaired) electrons. The van der Waals surface area contributed by atoms with E-state index in [1.54, 1.807) is 17.3 Å². The summed E-state index contributed by atoms with van der Waals surface area (Å²) in [5.74, 6) is 0.0964. The van der Waals surface area contributed by atoms with Crippen molar-refractivity contribution in [2.75, 3.05) is 43.4 Å². The largest absolute Gasteiger partial charge is 0.376 e. The van der Waals surface area contributed by atoms with Gasteiger partial charge in [0.2, 0.25) is 5.91 Å². The molecular formula is C21H28N4O. The first kappa shape index (κ1) is 18.2. The van der Waals surface area contributed by atoms with Crippen molar-refractivity contribution in [2.24, 2.45) is 0 Å². The van der Waals surface area contributed by atoms with Crippen molar-refractivity contribution in [3.63, 3.8) is 0 Å². The summed E-state index contributed by atoms with van der Waals surface area (Å²) in [6.45, 7) is 3.31. The molecule has 138 valence electrons. The van der Waals surface area contributed by atoms with Gasteiger partial charge in [0.05, 0.1) is 6.54 Å². The second kappa shape index (κ2) is 9.22. The smallest absolute Gasteiger partial charge is 0.241 e. The average Bonchev–Trinajstić information content (AvgIpc) is 2.72. The van der Waals surface area contributed by atoms with Crippen LogP contribution in [-0.2, 0) is 11.2 Å². The first-order chi connectivity index (χ1) is 12.7. The molecule has 0 saturated carbocycles. The number of hydrogen-bond acceptors (Lipinski definition) is 4. The summed E-state index contributed by atoms with van der Waals surface area (Å²) < 4.78 is 0. The van der Waals surface area contributed by atoms with E-state index < -0.39 is 0 Å². The highest BCUT2D eigenvalue weighted by atomic mass is 16.2. The normalized spacial score (nSPS) is 14.1. The van der Waals surface area contributed by atoms with Crippen molar-refractivity contribution in [2.45, 2.75) is 25.7 Å². The van der Waals surface area contributed by atoms with Crippen LogP contribution in [0.5, 0.6) is 0 Å². The van der Waals surface area contributed by atoms with Crippen LogP contribution in [0.25, 0.3) is 0 Å². The predicted molar refractivity (Wildman–Crippen MR) is 107 cm³/mol. The first-order valence-electron chi connectivity index (χ1n) is 9.44. The van der Waals surface area contributed by atoms with E-state index in [9.17, 15) is 4.79 Å². The van der Waals surface area contributed by atoms with Gasteiger partial charge in [-0.05, 0) is 67.6 Å². The van der Waals surface area contributed by atoms with Gasteiger partial charge >= 0.3 is 0 Å². The zero-order valence-electron chi connectivity index (χ0n) is 15.5. The van der Waals surface area contributed by atoms with E-state index >= 15 is 0 Å². The molecular weight excluding hydrogens is 324 g/mol. The summed E-state index contributed by atoms with van der Waals surface area (Å²) in [5.41, 5.74) is 3.46. The van der Waals surface area contributed by atoms with Crippen molar-refractivity contribution >= 4 is 17.3 Å². The van der Waals surface area contributed by atoms with Crippen LogP contribution in [0.1, 0.15) is 24.8 Å². The van der Waals surface area contributed by atoms with Crippen molar-refractivity contribution in [3.8, 4) is 0 Å². The maximum absolute atomic E-state index is 12.3. The summed E-state index contributed by atoms with van der Waals surface area (Å²) in [6.07, 6.45) is 8.31. The molecule has 1 amide bonds. The molecule has 1 saturated heterocycles. The lowest BCUT2D eigenvalue weighted by Gasteiger charge is -2.28. The molecule has 5 heteroatoms. The van der Waals surface area contributed by atoms with Gasteiger partial charge in [0.25, 0.3) is 0 Å². The highest BCUT2D eigenvalue weighted by Gasteiger charge is 2.11. The van der Waals surface area contributed by atoms with Gasteiger partial charge in [-0.25, -0.2) is 0 Å². The van der Waals surface area contributed by atoms with E-state index in [1.807, 2.05) is 19.2 Å². The number of carbonyl (C=O) groups is 1. The Morgan fingerprint density at radius 3 is 2.46 bits per heavy atom. The number of nitrogens with one attached hydrogen (secondary N) is 1. The number of amides is 1. The maximum atomic E-state index is 12.3. The second-order valence-electron chi connectivity index (χ2n) is 6.87. The Bertz CT molecular complexity index is 681. The number of carbonyl (C=O) groups excluding carboxylic acids is 1. The lowest BCUT2D eigenvalue weighted by Crippen LogP contribution is -2.33. The second-order valence-corrected chi connectivity index (χ2v) is 6.87. The number of aromatic nitrogens is 1. The summed E-state index contributed by atoms with van der Waals surface area (Å²) in [7, 11) is 1.85. The third kappa shape index (κ3) is 5.22. The van der Waals surface area contributed by atoms with Crippen LogP contribution in [0.3, 0.4) is 0 Å². The van der Waals surface area contributed by atoms with Gasteiger partial charge in [0.1, 0.15) is 0 Å². The van der Waals surface area contributed by atoms with E-state index in [0.717, 1.165) is 25.2 Å². The summed E-state index contributed by atoms with van der Waals surface area (Å²) >= 11 is 0. The number of likely N-dealkylation sites (N-methyl/N-ethyl adjacent to an activating group) is 1. The molecule has 26 heavy (non-hydrogen) atoms. The molecule has 0 spiro atoms. The van der Waals surface area contributed by atoms with E-state index in [1.165, 1.54) is 30.5 Å². The average molecular weight is 352 g/mol. The lowest BCUT2D eigenvalue weighted by molar-refractivity contribution is -0.127. The minimum absolute atomic E-state index is 0.0964. The third-order valence-corrected chi connectivity index (χ3v) is 4.94. The van der Waals surface area contributed by atoms with Gasteiger partial charge in [-0.2, -0.15) is 0 Å². The zero-order chi connectivity index (χ0) is 18.2. The molecule has 0 bridgehead atoms. The molecule has 1 fully saturated rings. The lowest BCUT2D eigenvalue weighted by atomic mass is 10.1. The van der Waals surface area contributed by atoms with Crippen molar-refractivity contribution in [3.05, 3.63) is 54.4 Å². The minimum Gasteiger partial charge on any atom is -0.376 e. The summed E-state index contributed by atoms with van der Waals surface area (Å²) in [5, 5.41) is 3.23. The van der Waals surface area contributed by atoms with Crippen molar-refractivity contribution in [1.82, 2.24) is 9.88 Å². The van der Waals surface area contributed by atoms with Crippen LogP contribution < -0.4 is 10.2 Å². The molecule has 1 aromatic carbocycles. The Morgan fingerprint density at radius 2 is 1.77 bits per heavy atom. The van der Waals surface area contributed by atoms with Crippen LogP contribution in [-0.4, -0.2) is 49.0 Å². The van der Waals surface area contributed by atoms with Crippen LogP contribution in [0.2, 0.25) is 0 Å².